The van der Waals surface area contributed by atoms with E-state index in [1.54, 1.807) is 32.5 Å². The molecule has 0 atom stereocenters. The zero-order valence-electron chi connectivity index (χ0n) is 16.5. The summed E-state index contributed by atoms with van der Waals surface area (Å²) in [5.41, 5.74) is -0.542. The summed E-state index contributed by atoms with van der Waals surface area (Å²) in [7, 11) is -1.26. The highest BCUT2D eigenvalue weighted by Gasteiger charge is 2.46. The third-order valence-electron chi connectivity index (χ3n) is 5.62. The topological polar surface area (TPSA) is 97.3 Å². The van der Waals surface area contributed by atoms with E-state index in [9.17, 15) is 22.6 Å². The van der Waals surface area contributed by atoms with Crippen molar-refractivity contribution in [3.8, 4) is 17.6 Å². The first-order valence-electron chi connectivity index (χ1n) is 9.29. The maximum absolute atomic E-state index is 13.3. The number of hydrogen-bond acceptors (Lipinski definition) is 6. The minimum absolute atomic E-state index is 0.0183. The van der Waals surface area contributed by atoms with E-state index >= 15 is 0 Å². The molecule has 0 amide bonds. The van der Waals surface area contributed by atoms with Crippen LogP contribution in [0.15, 0.2) is 23.2 Å². The van der Waals surface area contributed by atoms with Crippen LogP contribution >= 0.6 is 0 Å². The van der Waals surface area contributed by atoms with E-state index in [2.05, 4.69) is 26.2 Å². The standard InChI is InChI=1S/C19H19F3N6OS/c1-4-30(3,29)13-7-11(18(10-23)5-6-18)9-24-15(13)17-25-12-8-14(19(20,21)22)26-27-16(12)28(17)2/h7-9,30H,4-6H2,1-3H3. The first kappa shape index (κ1) is 20.4. The Bertz CT molecular complexity index is 1260. The Morgan fingerprint density at radius 3 is 2.57 bits per heavy atom. The molecule has 30 heavy (non-hydrogen) atoms. The lowest BCUT2D eigenvalue weighted by Gasteiger charge is -2.21. The molecule has 158 valence electrons. The molecular weight excluding hydrogens is 417 g/mol. The number of nitriles is 1. The number of imidazole rings is 1. The van der Waals surface area contributed by atoms with Crippen molar-refractivity contribution < 1.29 is 17.4 Å². The second-order valence-electron chi connectivity index (χ2n) is 7.63. The first-order valence-corrected chi connectivity index (χ1v) is 11.6. The van der Waals surface area contributed by atoms with Gasteiger partial charge >= 0.3 is 6.18 Å². The minimum atomic E-state index is -4.64. The highest BCUT2D eigenvalue weighted by molar-refractivity contribution is 8.02. The lowest BCUT2D eigenvalue weighted by Crippen LogP contribution is -2.17. The van der Waals surface area contributed by atoms with Gasteiger partial charge in [0.2, 0.25) is 0 Å². The van der Waals surface area contributed by atoms with Crippen molar-refractivity contribution in [3.63, 3.8) is 0 Å². The molecule has 0 unspecified atom stereocenters. The number of pyridine rings is 1. The average Bonchev–Trinajstić information content (AvgIpc) is 3.45. The maximum Gasteiger partial charge on any atom is 0.435 e. The largest absolute Gasteiger partial charge is 0.435 e. The second kappa shape index (κ2) is 6.57. The zero-order chi connectivity index (χ0) is 21.9. The third kappa shape index (κ3) is 3.15. The molecule has 1 saturated carbocycles. The third-order valence-corrected chi connectivity index (χ3v) is 8.18. The zero-order valence-corrected chi connectivity index (χ0v) is 17.4. The van der Waals surface area contributed by atoms with E-state index in [0.29, 0.717) is 34.7 Å². The normalized spacial score (nSPS) is 16.4. The van der Waals surface area contributed by atoms with Crippen LogP contribution in [0.25, 0.3) is 22.7 Å². The molecule has 3 heterocycles. The van der Waals surface area contributed by atoms with E-state index in [1.165, 1.54) is 4.57 Å². The number of fused-ring (bicyclic) bond motifs is 1. The number of halogens is 3. The Morgan fingerprint density at radius 1 is 1.30 bits per heavy atom. The maximum atomic E-state index is 13.3. The second-order valence-corrected chi connectivity index (χ2v) is 10.9. The van der Waals surface area contributed by atoms with Gasteiger partial charge in [-0.05, 0) is 30.7 Å². The molecular formula is C19H19F3N6OS. The molecule has 11 heteroatoms. The van der Waals surface area contributed by atoms with Crippen LogP contribution in [-0.2, 0) is 28.6 Å². The summed E-state index contributed by atoms with van der Waals surface area (Å²) >= 11 is 0. The molecule has 0 aromatic carbocycles. The van der Waals surface area contributed by atoms with Crippen LogP contribution in [0.3, 0.4) is 0 Å². The van der Waals surface area contributed by atoms with Crippen LogP contribution < -0.4 is 0 Å². The van der Waals surface area contributed by atoms with Crippen molar-refractivity contribution >= 4 is 21.1 Å². The van der Waals surface area contributed by atoms with Crippen molar-refractivity contribution in [2.24, 2.45) is 7.05 Å². The average molecular weight is 436 g/mol. The number of alkyl halides is 3. The van der Waals surface area contributed by atoms with E-state index < -0.39 is 27.2 Å². The Hall–Kier alpha value is -2.87. The Labute approximate surface area is 171 Å². The quantitative estimate of drug-likeness (QED) is 0.632. The Morgan fingerprint density at radius 2 is 2.00 bits per heavy atom. The predicted molar refractivity (Wildman–Crippen MR) is 105 cm³/mol. The molecule has 0 N–H and O–H groups in total. The summed E-state index contributed by atoms with van der Waals surface area (Å²) in [6.07, 6.45) is -0.0100. The lowest BCUT2D eigenvalue weighted by atomic mass is 9.99. The van der Waals surface area contributed by atoms with Crippen LogP contribution in [0.1, 0.15) is 31.0 Å². The summed E-state index contributed by atoms with van der Waals surface area (Å²) in [6, 6.07) is 4.88. The fourth-order valence-electron chi connectivity index (χ4n) is 3.34. The predicted octanol–water partition coefficient (Wildman–Crippen LogP) is 3.02. The number of rotatable bonds is 4. The van der Waals surface area contributed by atoms with E-state index in [4.69, 9.17) is 0 Å². The Kier molecular flexibility index (Phi) is 4.47. The van der Waals surface area contributed by atoms with E-state index in [0.717, 1.165) is 6.07 Å². The highest BCUT2D eigenvalue weighted by Crippen LogP contribution is 2.48. The van der Waals surface area contributed by atoms with Gasteiger partial charge in [0.25, 0.3) is 0 Å². The van der Waals surface area contributed by atoms with Crippen LogP contribution in [-0.4, -0.2) is 40.9 Å². The van der Waals surface area contributed by atoms with Crippen LogP contribution in [0.4, 0.5) is 13.2 Å². The van der Waals surface area contributed by atoms with Gasteiger partial charge in [-0.2, -0.15) is 18.4 Å². The molecule has 1 fully saturated rings. The summed E-state index contributed by atoms with van der Waals surface area (Å²) in [5, 5.41) is 16.4. The summed E-state index contributed by atoms with van der Waals surface area (Å²) < 4.78 is 53.8. The molecule has 0 spiro atoms. The van der Waals surface area contributed by atoms with Crippen LogP contribution in [0, 0.1) is 11.3 Å². The molecule has 0 saturated heterocycles. The molecule has 0 aliphatic heterocycles. The van der Waals surface area contributed by atoms with Gasteiger partial charge in [0, 0.05) is 30.0 Å². The van der Waals surface area contributed by atoms with Gasteiger partial charge in [-0.25, -0.2) is 4.98 Å². The lowest BCUT2D eigenvalue weighted by molar-refractivity contribution is -0.141. The fourth-order valence-corrected chi connectivity index (χ4v) is 4.70. The van der Waals surface area contributed by atoms with Crippen molar-refractivity contribution in [2.75, 3.05) is 12.0 Å². The van der Waals surface area contributed by atoms with E-state index in [-0.39, 0.29) is 17.0 Å². The van der Waals surface area contributed by atoms with Gasteiger partial charge in [0.15, 0.2) is 17.2 Å². The van der Waals surface area contributed by atoms with Gasteiger partial charge in [-0.15, -0.1) is 10.2 Å². The summed E-state index contributed by atoms with van der Waals surface area (Å²) in [4.78, 5) is 9.24. The number of nitrogens with zero attached hydrogens (tertiary/aromatic N) is 6. The summed E-state index contributed by atoms with van der Waals surface area (Å²) in [5.74, 6) is 0.615. The van der Waals surface area contributed by atoms with Crippen LogP contribution in [0.5, 0.6) is 0 Å². The fraction of sp³-hybridized carbons (Fsp3) is 0.421. The molecule has 7 nitrogen and oxygen atoms in total. The van der Waals surface area contributed by atoms with Gasteiger partial charge in [0.1, 0.15) is 11.2 Å². The molecule has 4 rings (SSSR count). The monoisotopic (exact) mass is 436 g/mol. The number of aryl methyl sites for hydroxylation is 1. The molecule has 3 aromatic heterocycles. The first-order chi connectivity index (χ1) is 14.0. The molecule has 1 aliphatic carbocycles. The smallest absolute Gasteiger partial charge is 0.309 e. The van der Waals surface area contributed by atoms with Gasteiger partial charge in [0.05, 0.1) is 11.5 Å². The number of hydrogen-bond donors (Lipinski definition) is 1. The summed E-state index contributed by atoms with van der Waals surface area (Å²) in [6.45, 7) is 1.80. The minimum Gasteiger partial charge on any atom is -0.309 e. The SMILES string of the molecule is CC[SH](C)(=O)c1cc(C2(C#N)CC2)cnc1-c1nc2cc(C(F)(F)F)nnc2n1C. The molecule has 1 aliphatic rings. The number of aromatic nitrogens is 5. The molecule has 3 aromatic rings. The molecule has 0 radical (unpaired) electrons. The van der Waals surface area contributed by atoms with Gasteiger partial charge in [-0.1, -0.05) is 16.9 Å². The van der Waals surface area contributed by atoms with Gasteiger partial charge < -0.3 is 4.57 Å². The van der Waals surface area contributed by atoms with Crippen molar-refractivity contribution in [3.05, 3.63) is 29.6 Å². The molecule has 0 bridgehead atoms. The van der Waals surface area contributed by atoms with Gasteiger partial charge in [-0.3, -0.25) is 9.19 Å². The number of thiol groups is 1. The van der Waals surface area contributed by atoms with Crippen molar-refractivity contribution in [2.45, 2.75) is 36.3 Å². The van der Waals surface area contributed by atoms with E-state index in [1.807, 2.05) is 0 Å². The van der Waals surface area contributed by atoms with Crippen molar-refractivity contribution in [1.82, 2.24) is 24.7 Å². The Balaban J connectivity index is 1.94. The van der Waals surface area contributed by atoms with Crippen molar-refractivity contribution in [1.29, 1.82) is 5.26 Å². The van der Waals surface area contributed by atoms with Crippen LogP contribution in [0.2, 0.25) is 0 Å². The highest BCUT2D eigenvalue weighted by atomic mass is 32.2.